The Hall–Kier alpha value is -0.120. The summed E-state index contributed by atoms with van der Waals surface area (Å²) in [6.45, 7) is 4.49. The van der Waals surface area contributed by atoms with Crippen molar-refractivity contribution in [3.63, 3.8) is 0 Å². The number of hydrogen-bond acceptors (Lipinski definition) is 3. The number of ether oxygens (including phenoxy) is 1. The van der Waals surface area contributed by atoms with Crippen molar-refractivity contribution in [2.45, 2.75) is 38.7 Å². The lowest BCUT2D eigenvalue weighted by Crippen LogP contribution is -2.31. The van der Waals surface area contributed by atoms with Crippen LogP contribution >= 0.6 is 0 Å². The fourth-order valence-electron chi connectivity index (χ4n) is 0.986. The topological polar surface area (TPSA) is 49.7 Å². The second kappa shape index (κ2) is 6.40. The van der Waals surface area contributed by atoms with Crippen LogP contribution in [0.5, 0.6) is 0 Å². The first kappa shape index (κ1) is 11.9. The fraction of sp³-hybridized carbons (Fsp3) is 1.00. The van der Waals surface area contributed by atoms with E-state index in [0.29, 0.717) is 13.2 Å². The summed E-state index contributed by atoms with van der Waals surface area (Å²) in [5, 5.41) is 18.1. The fourth-order valence-corrected chi connectivity index (χ4v) is 0.986. The van der Waals surface area contributed by atoms with Gasteiger partial charge in [0.15, 0.2) is 0 Å². The van der Waals surface area contributed by atoms with Crippen LogP contribution < -0.4 is 0 Å². The van der Waals surface area contributed by atoms with E-state index < -0.39 is 5.60 Å². The van der Waals surface area contributed by atoms with Crippen molar-refractivity contribution in [1.29, 1.82) is 0 Å². The lowest BCUT2D eigenvalue weighted by molar-refractivity contribution is -0.0464. The Morgan fingerprint density at radius 1 is 1.42 bits per heavy atom. The van der Waals surface area contributed by atoms with Crippen molar-refractivity contribution in [3.8, 4) is 0 Å². The van der Waals surface area contributed by atoms with Gasteiger partial charge in [0.1, 0.15) is 0 Å². The van der Waals surface area contributed by atoms with Gasteiger partial charge in [-0.15, -0.1) is 0 Å². The molecule has 74 valence electrons. The van der Waals surface area contributed by atoms with Crippen molar-refractivity contribution in [2.24, 2.45) is 0 Å². The number of aliphatic hydroxyl groups is 2. The number of rotatable bonds is 7. The summed E-state index contributed by atoms with van der Waals surface area (Å²) in [6.07, 6.45) is 2.85. The van der Waals surface area contributed by atoms with Gasteiger partial charge in [0.05, 0.1) is 25.4 Å². The Kier molecular flexibility index (Phi) is 6.34. The molecule has 0 saturated carbocycles. The maximum absolute atomic E-state index is 9.67. The van der Waals surface area contributed by atoms with Crippen LogP contribution in [0.2, 0.25) is 0 Å². The molecule has 1 atom stereocenters. The molecular formula is C9H20O3. The maximum atomic E-state index is 9.67. The van der Waals surface area contributed by atoms with Crippen LogP contribution in [0, 0.1) is 0 Å². The lowest BCUT2D eigenvalue weighted by Gasteiger charge is -2.22. The molecule has 12 heavy (non-hydrogen) atoms. The quantitative estimate of drug-likeness (QED) is 0.567. The third kappa shape index (κ3) is 6.58. The van der Waals surface area contributed by atoms with Gasteiger partial charge in [0, 0.05) is 0 Å². The van der Waals surface area contributed by atoms with E-state index in [-0.39, 0.29) is 6.61 Å². The monoisotopic (exact) mass is 176 g/mol. The van der Waals surface area contributed by atoms with Crippen LogP contribution in [0.1, 0.15) is 33.1 Å². The molecule has 0 amide bonds. The summed E-state index contributed by atoms with van der Waals surface area (Å²) in [4.78, 5) is 0. The Balaban J connectivity index is 3.42. The normalized spacial score (nSPS) is 16.0. The summed E-state index contributed by atoms with van der Waals surface area (Å²) in [6, 6.07) is 0. The van der Waals surface area contributed by atoms with Crippen LogP contribution in [0.3, 0.4) is 0 Å². The number of hydrogen-bond donors (Lipinski definition) is 2. The van der Waals surface area contributed by atoms with Gasteiger partial charge < -0.3 is 14.9 Å². The van der Waals surface area contributed by atoms with E-state index in [9.17, 15) is 5.11 Å². The molecule has 0 aromatic carbocycles. The molecule has 3 nitrogen and oxygen atoms in total. The average molecular weight is 176 g/mol. The van der Waals surface area contributed by atoms with Gasteiger partial charge in [-0.1, -0.05) is 19.8 Å². The summed E-state index contributed by atoms with van der Waals surface area (Å²) < 4.78 is 5.04. The van der Waals surface area contributed by atoms with E-state index in [1.54, 1.807) is 6.92 Å². The largest absolute Gasteiger partial charge is 0.394 e. The third-order valence-corrected chi connectivity index (χ3v) is 1.72. The van der Waals surface area contributed by atoms with Crippen LogP contribution in [-0.2, 0) is 4.74 Å². The van der Waals surface area contributed by atoms with Crippen LogP contribution in [-0.4, -0.2) is 35.6 Å². The second-order valence-corrected chi connectivity index (χ2v) is 3.38. The first-order chi connectivity index (χ1) is 5.62. The van der Waals surface area contributed by atoms with E-state index in [1.807, 2.05) is 0 Å². The molecule has 0 radical (unpaired) electrons. The summed E-state index contributed by atoms with van der Waals surface area (Å²) in [7, 11) is 0. The minimum absolute atomic E-state index is 0.0177. The van der Waals surface area contributed by atoms with Crippen molar-refractivity contribution >= 4 is 0 Å². The van der Waals surface area contributed by atoms with E-state index in [4.69, 9.17) is 9.84 Å². The Morgan fingerprint density at radius 3 is 2.58 bits per heavy atom. The molecule has 3 heteroatoms. The van der Waals surface area contributed by atoms with Crippen LogP contribution in [0.25, 0.3) is 0 Å². The highest BCUT2D eigenvalue weighted by molar-refractivity contribution is 4.71. The maximum Gasteiger partial charge on any atom is 0.0852 e. The minimum Gasteiger partial charge on any atom is -0.394 e. The molecule has 2 N–H and O–H groups in total. The number of aliphatic hydroxyl groups excluding tert-OH is 1. The molecule has 0 aromatic rings. The molecule has 0 aliphatic heterocycles. The highest BCUT2D eigenvalue weighted by atomic mass is 16.5. The van der Waals surface area contributed by atoms with Crippen LogP contribution in [0.4, 0.5) is 0 Å². The van der Waals surface area contributed by atoms with E-state index >= 15 is 0 Å². The highest BCUT2D eigenvalue weighted by Crippen LogP contribution is 2.13. The highest BCUT2D eigenvalue weighted by Gasteiger charge is 2.19. The Morgan fingerprint density at radius 2 is 2.08 bits per heavy atom. The second-order valence-electron chi connectivity index (χ2n) is 3.38. The molecule has 0 fully saturated rings. The molecule has 0 bridgehead atoms. The zero-order valence-electron chi connectivity index (χ0n) is 8.05. The summed E-state index contributed by atoms with van der Waals surface area (Å²) in [5.74, 6) is 0. The molecule has 0 aliphatic carbocycles. The predicted octanol–water partition coefficient (Wildman–Crippen LogP) is 0.937. The van der Waals surface area contributed by atoms with Gasteiger partial charge in [-0.05, 0) is 13.3 Å². The minimum atomic E-state index is -0.731. The molecule has 0 aliphatic rings. The van der Waals surface area contributed by atoms with E-state index in [2.05, 4.69) is 6.92 Å². The van der Waals surface area contributed by atoms with Crippen molar-refractivity contribution < 1.29 is 14.9 Å². The van der Waals surface area contributed by atoms with Gasteiger partial charge in [0.2, 0.25) is 0 Å². The van der Waals surface area contributed by atoms with Crippen molar-refractivity contribution in [1.82, 2.24) is 0 Å². The lowest BCUT2D eigenvalue weighted by atomic mass is 10.0. The van der Waals surface area contributed by atoms with Gasteiger partial charge >= 0.3 is 0 Å². The molecule has 0 heterocycles. The SMILES string of the molecule is CCCCC(C)(O)COCCO. The molecule has 0 aromatic heterocycles. The van der Waals surface area contributed by atoms with Crippen molar-refractivity contribution in [3.05, 3.63) is 0 Å². The van der Waals surface area contributed by atoms with Crippen LogP contribution in [0.15, 0.2) is 0 Å². The molecule has 0 saturated heterocycles. The van der Waals surface area contributed by atoms with Gasteiger partial charge in [0.25, 0.3) is 0 Å². The standard InChI is InChI=1S/C9H20O3/c1-3-4-5-9(2,11)8-12-7-6-10/h10-11H,3-8H2,1-2H3. The first-order valence-corrected chi connectivity index (χ1v) is 4.53. The Labute approximate surface area is 74.4 Å². The molecule has 0 rings (SSSR count). The predicted molar refractivity (Wildman–Crippen MR) is 48.1 cm³/mol. The number of unbranched alkanes of at least 4 members (excludes halogenated alkanes) is 1. The zero-order chi connectivity index (χ0) is 9.45. The van der Waals surface area contributed by atoms with Gasteiger partial charge in [-0.2, -0.15) is 0 Å². The first-order valence-electron chi connectivity index (χ1n) is 4.53. The van der Waals surface area contributed by atoms with Crippen molar-refractivity contribution in [2.75, 3.05) is 19.8 Å². The molecular weight excluding hydrogens is 156 g/mol. The van der Waals surface area contributed by atoms with Gasteiger partial charge in [-0.25, -0.2) is 0 Å². The molecule has 1 unspecified atom stereocenters. The average Bonchev–Trinajstić information content (AvgIpc) is 2.01. The van der Waals surface area contributed by atoms with E-state index in [1.165, 1.54) is 0 Å². The summed E-state index contributed by atoms with van der Waals surface area (Å²) in [5.41, 5.74) is -0.731. The van der Waals surface area contributed by atoms with E-state index in [0.717, 1.165) is 19.3 Å². The zero-order valence-corrected chi connectivity index (χ0v) is 8.05. The third-order valence-electron chi connectivity index (χ3n) is 1.72. The van der Waals surface area contributed by atoms with Gasteiger partial charge in [-0.3, -0.25) is 0 Å². The smallest absolute Gasteiger partial charge is 0.0852 e. The Bertz CT molecular complexity index is 102. The summed E-state index contributed by atoms with van der Waals surface area (Å²) >= 11 is 0. The molecule has 0 spiro atoms.